The average molecular weight is 426 g/mol. The molecule has 3 nitrogen and oxygen atoms in total. The molecule has 0 unspecified atom stereocenters. The predicted molar refractivity (Wildman–Crippen MR) is 105 cm³/mol. The minimum atomic E-state index is -0.618. The molecule has 0 saturated carbocycles. The van der Waals surface area contributed by atoms with E-state index in [1.165, 1.54) is 6.07 Å². The lowest BCUT2D eigenvalue weighted by molar-refractivity contribution is -0.127. The van der Waals surface area contributed by atoms with Crippen molar-refractivity contribution in [2.24, 2.45) is 0 Å². The molecule has 0 saturated heterocycles. The summed E-state index contributed by atoms with van der Waals surface area (Å²) in [5.41, 5.74) is 2.22. The van der Waals surface area contributed by atoms with Crippen LogP contribution < -0.4 is 10.1 Å². The number of hydrogen-bond donors (Lipinski definition) is 1. The van der Waals surface area contributed by atoms with Crippen LogP contribution in [0.3, 0.4) is 0 Å². The van der Waals surface area contributed by atoms with Gasteiger partial charge in [0.15, 0.2) is 6.10 Å². The second-order valence-electron chi connectivity index (χ2n) is 6.44. The van der Waals surface area contributed by atoms with Gasteiger partial charge in [-0.3, -0.25) is 4.79 Å². The molecule has 1 N–H and O–H groups in total. The summed E-state index contributed by atoms with van der Waals surface area (Å²) in [4.78, 5) is 12.9. The van der Waals surface area contributed by atoms with Gasteiger partial charge in [0.25, 0.3) is 5.91 Å². The Hall–Kier alpha value is -2.66. The molecule has 1 amide bonds. The van der Waals surface area contributed by atoms with Crippen molar-refractivity contribution >= 4 is 21.8 Å². The summed E-state index contributed by atoms with van der Waals surface area (Å²) in [7, 11) is 0. The summed E-state index contributed by atoms with van der Waals surface area (Å²) in [5, 5.41) is 2.97. The first-order valence-electron chi connectivity index (χ1n) is 8.66. The second kappa shape index (κ2) is 7.53. The van der Waals surface area contributed by atoms with Crippen LogP contribution in [0, 0.1) is 5.82 Å². The maximum absolute atomic E-state index is 14.6. The molecule has 0 fully saturated rings. The number of hydrogen-bond acceptors (Lipinski definition) is 2. The van der Waals surface area contributed by atoms with Gasteiger partial charge in [-0.15, -0.1) is 0 Å². The first-order valence-corrected chi connectivity index (χ1v) is 9.46. The highest BCUT2D eigenvalue weighted by molar-refractivity contribution is 9.10. The molecule has 4 rings (SSSR count). The maximum atomic E-state index is 14.6. The van der Waals surface area contributed by atoms with Crippen molar-refractivity contribution in [3.05, 3.63) is 99.8 Å². The van der Waals surface area contributed by atoms with Crippen LogP contribution in [0.1, 0.15) is 22.7 Å². The Labute approximate surface area is 165 Å². The Bertz CT molecular complexity index is 952. The summed E-state index contributed by atoms with van der Waals surface area (Å²) in [6.07, 6.45) is -0.112. The second-order valence-corrected chi connectivity index (χ2v) is 7.35. The molecular formula is C22H17BrFNO2. The number of rotatable bonds is 4. The number of benzene rings is 3. The van der Waals surface area contributed by atoms with Gasteiger partial charge in [0, 0.05) is 16.5 Å². The first-order chi connectivity index (χ1) is 13.1. The predicted octanol–water partition coefficient (Wildman–Crippen LogP) is 4.80. The number of ether oxygens (including phenoxy) is 1. The molecule has 1 aliphatic rings. The van der Waals surface area contributed by atoms with Crippen molar-refractivity contribution < 1.29 is 13.9 Å². The lowest BCUT2D eigenvalue weighted by atomic mass is 9.97. The molecule has 0 aliphatic carbocycles. The average Bonchev–Trinajstić information content (AvgIpc) is 3.12. The SMILES string of the molecule is O=C(N[C@@H](c1ccccc1)c1ccc(Br)cc1F)[C@@H]1Cc2ccccc2O1. The molecule has 0 radical (unpaired) electrons. The van der Waals surface area contributed by atoms with Crippen LogP contribution in [-0.4, -0.2) is 12.0 Å². The molecule has 0 bridgehead atoms. The van der Waals surface area contributed by atoms with Crippen molar-refractivity contribution in [2.45, 2.75) is 18.6 Å². The fourth-order valence-electron chi connectivity index (χ4n) is 3.29. The number of amides is 1. The lowest BCUT2D eigenvalue weighted by Crippen LogP contribution is -2.40. The largest absolute Gasteiger partial charge is 0.480 e. The van der Waals surface area contributed by atoms with E-state index in [-0.39, 0.29) is 11.7 Å². The van der Waals surface area contributed by atoms with Crippen molar-refractivity contribution in [1.29, 1.82) is 0 Å². The van der Waals surface area contributed by atoms with E-state index in [0.717, 1.165) is 16.9 Å². The zero-order valence-electron chi connectivity index (χ0n) is 14.4. The summed E-state index contributed by atoms with van der Waals surface area (Å²) in [6.45, 7) is 0. The zero-order valence-corrected chi connectivity index (χ0v) is 15.9. The number of halogens is 2. The number of para-hydroxylation sites is 1. The number of carbonyl (C=O) groups is 1. The van der Waals surface area contributed by atoms with E-state index in [0.29, 0.717) is 16.5 Å². The van der Waals surface area contributed by atoms with Gasteiger partial charge in [-0.25, -0.2) is 4.39 Å². The normalized spacial score (nSPS) is 16.3. The van der Waals surface area contributed by atoms with Crippen LogP contribution >= 0.6 is 15.9 Å². The summed E-state index contributed by atoms with van der Waals surface area (Å²) < 4.78 is 21.0. The smallest absolute Gasteiger partial charge is 0.262 e. The van der Waals surface area contributed by atoms with E-state index in [1.54, 1.807) is 12.1 Å². The van der Waals surface area contributed by atoms with Crippen LogP contribution in [-0.2, 0) is 11.2 Å². The fraction of sp³-hybridized carbons (Fsp3) is 0.136. The summed E-state index contributed by atoms with van der Waals surface area (Å²) in [5.74, 6) is 0.0836. The van der Waals surface area contributed by atoms with Crippen molar-refractivity contribution in [1.82, 2.24) is 5.32 Å². The molecular weight excluding hydrogens is 409 g/mol. The Morgan fingerprint density at radius 2 is 1.81 bits per heavy atom. The summed E-state index contributed by atoms with van der Waals surface area (Å²) in [6, 6.07) is 21.2. The van der Waals surface area contributed by atoms with Crippen LogP contribution in [0.2, 0.25) is 0 Å². The highest BCUT2D eigenvalue weighted by atomic mass is 79.9. The number of nitrogens with one attached hydrogen (secondary N) is 1. The Balaban J connectivity index is 1.61. The quantitative estimate of drug-likeness (QED) is 0.651. The van der Waals surface area contributed by atoms with Crippen molar-refractivity contribution in [2.75, 3.05) is 0 Å². The molecule has 3 aromatic rings. The molecule has 136 valence electrons. The van der Waals surface area contributed by atoms with Gasteiger partial charge in [0.05, 0.1) is 6.04 Å². The van der Waals surface area contributed by atoms with E-state index < -0.39 is 12.1 Å². The van der Waals surface area contributed by atoms with E-state index in [1.807, 2.05) is 54.6 Å². The van der Waals surface area contributed by atoms with Crippen molar-refractivity contribution in [3.8, 4) is 5.75 Å². The third-order valence-electron chi connectivity index (χ3n) is 4.63. The highest BCUT2D eigenvalue weighted by Gasteiger charge is 2.31. The monoisotopic (exact) mass is 425 g/mol. The van der Waals surface area contributed by atoms with E-state index in [9.17, 15) is 9.18 Å². The standard InChI is InChI=1S/C22H17BrFNO2/c23-16-10-11-17(18(24)13-16)21(14-6-2-1-3-7-14)25-22(26)20-12-15-8-4-5-9-19(15)27-20/h1-11,13,20-21H,12H2,(H,25,26)/t20-,21-/m0/s1. The minimum Gasteiger partial charge on any atom is -0.480 e. The van der Waals surface area contributed by atoms with Gasteiger partial charge in [-0.2, -0.15) is 0 Å². The zero-order chi connectivity index (χ0) is 18.8. The molecule has 0 aromatic heterocycles. The molecule has 0 spiro atoms. The molecule has 27 heavy (non-hydrogen) atoms. The van der Waals surface area contributed by atoms with Crippen LogP contribution in [0.4, 0.5) is 4.39 Å². The van der Waals surface area contributed by atoms with Gasteiger partial charge in [-0.05, 0) is 29.3 Å². The molecule has 1 heterocycles. The van der Waals surface area contributed by atoms with Gasteiger partial charge in [0.1, 0.15) is 11.6 Å². The maximum Gasteiger partial charge on any atom is 0.262 e. The van der Waals surface area contributed by atoms with Crippen molar-refractivity contribution in [3.63, 3.8) is 0 Å². The Kier molecular flexibility index (Phi) is 4.94. The van der Waals surface area contributed by atoms with Crippen LogP contribution in [0.15, 0.2) is 77.3 Å². The van der Waals surface area contributed by atoms with E-state index in [2.05, 4.69) is 21.2 Å². The van der Waals surface area contributed by atoms with Gasteiger partial charge < -0.3 is 10.1 Å². The summed E-state index contributed by atoms with van der Waals surface area (Å²) >= 11 is 3.28. The van der Waals surface area contributed by atoms with Gasteiger partial charge >= 0.3 is 0 Å². The van der Waals surface area contributed by atoms with Gasteiger partial charge in [-0.1, -0.05) is 70.5 Å². The van der Waals surface area contributed by atoms with Crippen LogP contribution in [0.25, 0.3) is 0 Å². The van der Waals surface area contributed by atoms with Crippen LogP contribution in [0.5, 0.6) is 5.75 Å². The highest BCUT2D eigenvalue weighted by Crippen LogP contribution is 2.30. The molecule has 5 heteroatoms. The number of carbonyl (C=O) groups excluding carboxylic acids is 1. The third-order valence-corrected chi connectivity index (χ3v) is 5.13. The molecule has 2 atom stereocenters. The molecule has 3 aromatic carbocycles. The Morgan fingerprint density at radius 1 is 1.07 bits per heavy atom. The first kappa shape index (κ1) is 17.7. The molecule has 1 aliphatic heterocycles. The third kappa shape index (κ3) is 3.74. The minimum absolute atomic E-state index is 0.262. The number of fused-ring (bicyclic) bond motifs is 1. The lowest BCUT2D eigenvalue weighted by Gasteiger charge is -2.22. The topological polar surface area (TPSA) is 38.3 Å². The Morgan fingerprint density at radius 3 is 2.56 bits per heavy atom. The fourth-order valence-corrected chi connectivity index (χ4v) is 3.62. The van der Waals surface area contributed by atoms with E-state index >= 15 is 0 Å². The van der Waals surface area contributed by atoms with E-state index in [4.69, 9.17) is 4.74 Å². The van der Waals surface area contributed by atoms with Gasteiger partial charge in [0.2, 0.25) is 0 Å².